The first-order chi connectivity index (χ1) is 17.3. The van der Waals surface area contributed by atoms with Crippen LogP contribution in [0.5, 0.6) is 0 Å². The normalized spacial score (nSPS) is 13.5. The van der Waals surface area contributed by atoms with E-state index in [-0.39, 0.29) is 23.9 Å². The number of aromatic nitrogens is 5. The molecular formula is C24H23N9O2S. The van der Waals surface area contributed by atoms with Gasteiger partial charge in [0.1, 0.15) is 6.07 Å². The molecule has 1 aliphatic heterocycles. The molecular weight excluding hydrogens is 478 g/mol. The van der Waals surface area contributed by atoms with E-state index in [0.29, 0.717) is 34.4 Å². The van der Waals surface area contributed by atoms with E-state index in [0.717, 1.165) is 22.5 Å². The molecule has 0 bridgehead atoms. The van der Waals surface area contributed by atoms with Crippen LogP contribution in [0.2, 0.25) is 0 Å². The van der Waals surface area contributed by atoms with Crippen LogP contribution in [-0.4, -0.2) is 66.7 Å². The molecule has 0 aliphatic carbocycles. The molecule has 4 aromatic heterocycles. The van der Waals surface area contributed by atoms with Crippen LogP contribution >= 0.6 is 11.3 Å². The van der Waals surface area contributed by atoms with Gasteiger partial charge in [-0.3, -0.25) is 14.6 Å². The van der Waals surface area contributed by atoms with Crippen molar-refractivity contribution in [3.63, 3.8) is 0 Å². The zero-order valence-corrected chi connectivity index (χ0v) is 20.7. The molecule has 0 saturated carbocycles. The molecule has 1 aliphatic rings. The summed E-state index contributed by atoms with van der Waals surface area (Å²) < 4.78 is 1.74. The zero-order valence-electron chi connectivity index (χ0n) is 19.9. The monoisotopic (exact) mass is 501 g/mol. The van der Waals surface area contributed by atoms with Gasteiger partial charge >= 0.3 is 0 Å². The first-order valence-corrected chi connectivity index (χ1v) is 12.2. The largest absolute Gasteiger partial charge is 0.382 e. The molecule has 2 amide bonds. The Kier molecular flexibility index (Phi) is 6.07. The van der Waals surface area contributed by atoms with Gasteiger partial charge in [-0.15, -0.1) is 10.2 Å². The number of hydrogen-bond acceptors (Lipinski definition) is 9. The van der Waals surface area contributed by atoms with Crippen molar-refractivity contribution >= 4 is 34.4 Å². The highest BCUT2D eigenvalue weighted by Gasteiger charge is 2.33. The summed E-state index contributed by atoms with van der Waals surface area (Å²) in [5.74, 6) is -0.312. The second kappa shape index (κ2) is 9.35. The molecule has 0 radical (unpaired) electrons. The number of fused-ring (bicyclic) bond motifs is 1. The number of pyridine rings is 1. The lowest BCUT2D eigenvalue weighted by Crippen LogP contribution is -2.60. The summed E-state index contributed by atoms with van der Waals surface area (Å²) in [5.41, 5.74) is 4.32. The summed E-state index contributed by atoms with van der Waals surface area (Å²) in [4.78, 5) is 30.3. The number of likely N-dealkylation sites (tertiary alicyclic amines) is 1. The Morgan fingerprint density at radius 2 is 2.00 bits per heavy atom. The van der Waals surface area contributed by atoms with Crippen molar-refractivity contribution in [1.29, 1.82) is 5.26 Å². The molecule has 5 heterocycles. The number of anilines is 1. The Labute approximate surface area is 210 Å². The zero-order chi connectivity index (χ0) is 25.4. The number of rotatable bonds is 6. The lowest BCUT2D eigenvalue weighted by molar-refractivity contribution is -0.120. The van der Waals surface area contributed by atoms with Gasteiger partial charge in [0.2, 0.25) is 10.9 Å². The number of amides is 2. The smallest absolute Gasteiger partial charge is 0.284 e. The SMILES string of the molecule is CC(=O)NC1CN(C(=O)c2nnc(-c3cnc(-c4ccc5cc(C#N)cnn45)cc3NC(C)C)s2)C1. The van der Waals surface area contributed by atoms with Crippen LogP contribution in [0.15, 0.2) is 36.7 Å². The molecule has 1 saturated heterocycles. The lowest BCUT2D eigenvalue weighted by atomic mass is 10.1. The lowest BCUT2D eigenvalue weighted by Gasteiger charge is -2.38. The average molecular weight is 502 g/mol. The molecule has 4 aromatic rings. The van der Waals surface area contributed by atoms with Crippen LogP contribution in [0.3, 0.4) is 0 Å². The van der Waals surface area contributed by atoms with Crippen LogP contribution in [0, 0.1) is 11.3 Å². The van der Waals surface area contributed by atoms with Crippen molar-refractivity contribution in [3.8, 4) is 28.0 Å². The highest BCUT2D eigenvalue weighted by Crippen LogP contribution is 2.34. The number of nitrogens with zero attached hydrogens (tertiary/aromatic N) is 7. The second-order valence-corrected chi connectivity index (χ2v) is 9.82. The minimum atomic E-state index is -0.203. The Balaban J connectivity index is 1.43. The summed E-state index contributed by atoms with van der Waals surface area (Å²) in [7, 11) is 0. The predicted molar refractivity (Wildman–Crippen MR) is 134 cm³/mol. The van der Waals surface area contributed by atoms with Crippen molar-refractivity contribution in [2.24, 2.45) is 0 Å². The third-order valence-corrected chi connectivity index (χ3v) is 6.60. The minimum absolute atomic E-state index is 0.0245. The fourth-order valence-corrected chi connectivity index (χ4v) is 4.86. The molecule has 11 nitrogen and oxygen atoms in total. The molecule has 0 unspecified atom stereocenters. The molecule has 12 heteroatoms. The Hall–Kier alpha value is -4.37. The van der Waals surface area contributed by atoms with Gasteiger partial charge in [0, 0.05) is 37.9 Å². The summed E-state index contributed by atoms with van der Waals surface area (Å²) >= 11 is 1.21. The predicted octanol–water partition coefficient (Wildman–Crippen LogP) is 2.57. The van der Waals surface area contributed by atoms with E-state index < -0.39 is 0 Å². The van der Waals surface area contributed by atoms with E-state index in [1.54, 1.807) is 21.7 Å². The van der Waals surface area contributed by atoms with E-state index in [2.05, 4.69) is 37.0 Å². The molecule has 0 spiro atoms. The third kappa shape index (κ3) is 4.48. The maximum absolute atomic E-state index is 12.8. The quantitative estimate of drug-likeness (QED) is 0.411. The van der Waals surface area contributed by atoms with E-state index >= 15 is 0 Å². The summed E-state index contributed by atoms with van der Waals surface area (Å²) in [6.45, 7) is 6.44. The van der Waals surface area contributed by atoms with Crippen molar-refractivity contribution in [3.05, 3.63) is 47.2 Å². The summed E-state index contributed by atoms with van der Waals surface area (Å²) in [6.07, 6.45) is 3.24. The Bertz CT molecular complexity index is 1510. The van der Waals surface area contributed by atoms with Crippen molar-refractivity contribution < 1.29 is 9.59 Å². The van der Waals surface area contributed by atoms with E-state index in [4.69, 9.17) is 5.26 Å². The Morgan fingerprint density at radius 1 is 1.19 bits per heavy atom. The third-order valence-electron chi connectivity index (χ3n) is 5.65. The van der Waals surface area contributed by atoms with Gasteiger partial charge in [-0.1, -0.05) is 11.3 Å². The van der Waals surface area contributed by atoms with Crippen LogP contribution in [0.25, 0.3) is 27.5 Å². The van der Waals surface area contributed by atoms with E-state index in [9.17, 15) is 9.59 Å². The first-order valence-electron chi connectivity index (χ1n) is 11.4. The molecule has 36 heavy (non-hydrogen) atoms. The van der Waals surface area contributed by atoms with E-state index in [1.807, 2.05) is 32.0 Å². The van der Waals surface area contributed by atoms with Crippen LogP contribution in [0.4, 0.5) is 5.69 Å². The van der Waals surface area contributed by atoms with Gasteiger partial charge in [-0.25, -0.2) is 4.52 Å². The molecule has 2 N–H and O–H groups in total. The molecule has 0 atom stereocenters. The average Bonchev–Trinajstić information content (AvgIpc) is 3.47. The first kappa shape index (κ1) is 23.4. The van der Waals surface area contributed by atoms with Gasteiger partial charge in [0.15, 0.2) is 5.01 Å². The van der Waals surface area contributed by atoms with Gasteiger partial charge in [-0.2, -0.15) is 10.4 Å². The number of carbonyl (C=O) groups is 2. The molecule has 1 fully saturated rings. The van der Waals surface area contributed by atoms with Gasteiger partial charge < -0.3 is 15.5 Å². The van der Waals surface area contributed by atoms with Gasteiger partial charge in [0.25, 0.3) is 5.91 Å². The molecule has 0 aromatic carbocycles. The minimum Gasteiger partial charge on any atom is -0.382 e. The topological polar surface area (TPSA) is 141 Å². The number of hydrogen-bond donors (Lipinski definition) is 2. The van der Waals surface area contributed by atoms with Crippen molar-refractivity contribution in [2.45, 2.75) is 32.9 Å². The van der Waals surface area contributed by atoms with E-state index in [1.165, 1.54) is 24.5 Å². The molecule has 5 rings (SSSR count). The maximum Gasteiger partial charge on any atom is 0.284 e. The Morgan fingerprint density at radius 3 is 2.72 bits per heavy atom. The number of nitriles is 1. The number of nitrogens with one attached hydrogen (secondary N) is 2. The standard InChI is InChI=1S/C24H23N9O2S/c1-13(2)28-19-7-20(21-5-4-17-6-15(8-25)9-27-33(17)21)26-10-18(19)22-30-31-23(36-22)24(35)32-11-16(12-32)29-14(3)34/h4-7,9-10,13,16H,11-12H2,1-3H3,(H,26,28)(H,29,34). The van der Waals surface area contributed by atoms with Crippen LogP contribution in [-0.2, 0) is 4.79 Å². The van der Waals surface area contributed by atoms with Crippen molar-refractivity contribution in [1.82, 2.24) is 35.0 Å². The highest BCUT2D eigenvalue weighted by atomic mass is 32.1. The van der Waals surface area contributed by atoms with Crippen molar-refractivity contribution in [2.75, 3.05) is 18.4 Å². The fraction of sp³-hybridized carbons (Fsp3) is 0.292. The van der Waals surface area contributed by atoms with Crippen LogP contribution < -0.4 is 10.6 Å². The van der Waals surface area contributed by atoms with Gasteiger partial charge in [-0.05, 0) is 38.1 Å². The second-order valence-electron chi connectivity index (χ2n) is 8.85. The number of carbonyl (C=O) groups excluding carboxylic acids is 2. The highest BCUT2D eigenvalue weighted by molar-refractivity contribution is 7.16. The summed E-state index contributed by atoms with van der Waals surface area (Å²) in [5, 5.41) is 29.0. The molecule has 182 valence electrons. The fourth-order valence-electron chi connectivity index (χ4n) is 4.03. The maximum atomic E-state index is 12.8. The van der Waals surface area contributed by atoms with Crippen LogP contribution in [0.1, 0.15) is 36.1 Å². The summed E-state index contributed by atoms with van der Waals surface area (Å²) in [6, 6.07) is 9.71. The van der Waals surface area contributed by atoms with Gasteiger partial charge in [0.05, 0.1) is 40.3 Å².